The monoisotopic (exact) mass is 310 g/mol. The molecule has 3 rings (SSSR count). The second kappa shape index (κ2) is 6.84. The average Bonchev–Trinajstić information content (AvgIpc) is 2.57. The van der Waals surface area contributed by atoms with E-state index in [2.05, 4.69) is 0 Å². The third-order valence-corrected chi connectivity index (χ3v) is 4.24. The van der Waals surface area contributed by atoms with Crippen molar-refractivity contribution in [3.8, 4) is 5.75 Å². The Morgan fingerprint density at radius 1 is 1.26 bits per heavy atom. The van der Waals surface area contributed by atoms with Gasteiger partial charge in [-0.05, 0) is 24.6 Å². The van der Waals surface area contributed by atoms with Gasteiger partial charge in [0.2, 0.25) is 0 Å². The predicted octanol–water partition coefficient (Wildman–Crippen LogP) is 3.21. The van der Waals surface area contributed by atoms with E-state index < -0.39 is 6.10 Å². The number of β-amino-alcohol motifs (C(OH)–C–C–N with tert-alkyl or cyclic N) is 1. The van der Waals surface area contributed by atoms with Crippen LogP contribution in [0.1, 0.15) is 13.3 Å². The van der Waals surface area contributed by atoms with Crippen molar-refractivity contribution in [2.45, 2.75) is 25.5 Å². The van der Waals surface area contributed by atoms with E-state index >= 15 is 0 Å². The molecule has 2 N–H and O–H groups in total. The number of hydrogen-bond acceptors (Lipinski definition) is 4. The Kier molecular flexibility index (Phi) is 4.63. The van der Waals surface area contributed by atoms with Gasteiger partial charge in [-0.3, -0.25) is 0 Å². The number of hydrogen-bond donors (Lipinski definition) is 2. The smallest absolute Gasteiger partial charge is 0.127 e. The molecule has 23 heavy (non-hydrogen) atoms. The zero-order chi connectivity index (χ0) is 16.2. The molecule has 4 heteroatoms. The molecular weight excluding hydrogens is 288 g/mol. The fourth-order valence-electron chi connectivity index (χ4n) is 2.84. The van der Waals surface area contributed by atoms with Crippen LogP contribution in [-0.4, -0.2) is 41.0 Å². The molecule has 1 aliphatic heterocycles. The van der Waals surface area contributed by atoms with Crippen LogP contribution in [0.25, 0.3) is 10.8 Å². The molecule has 4 nitrogen and oxygen atoms in total. The van der Waals surface area contributed by atoms with E-state index in [1.807, 2.05) is 66.6 Å². The minimum Gasteiger partial charge on any atom is -0.490 e. The molecule has 2 atom stereocenters. The summed E-state index contributed by atoms with van der Waals surface area (Å²) >= 11 is 0. The fraction of sp³-hybridized carbons (Fsp3) is 0.316. The number of nitrogens with zero attached hydrogens (tertiary/aromatic N) is 1. The van der Waals surface area contributed by atoms with E-state index in [1.54, 1.807) is 0 Å². The SMILES string of the molecule is CC1C(=N)CC=CN1CC(O)COc1cccc2ccccc12. The largest absolute Gasteiger partial charge is 0.490 e. The second-order valence-electron chi connectivity index (χ2n) is 5.93. The highest BCUT2D eigenvalue weighted by molar-refractivity contribution is 5.89. The molecular formula is C19H22N2O2. The van der Waals surface area contributed by atoms with Crippen molar-refractivity contribution in [1.82, 2.24) is 4.90 Å². The molecule has 1 heterocycles. The van der Waals surface area contributed by atoms with Crippen LogP contribution in [0.2, 0.25) is 0 Å². The van der Waals surface area contributed by atoms with E-state index in [1.165, 1.54) is 0 Å². The number of rotatable bonds is 5. The lowest BCUT2D eigenvalue weighted by Gasteiger charge is -2.32. The van der Waals surface area contributed by atoms with Gasteiger partial charge in [0, 0.05) is 24.1 Å². The minimum absolute atomic E-state index is 0.0344. The lowest BCUT2D eigenvalue weighted by atomic mass is 10.1. The first-order valence-corrected chi connectivity index (χ1v) is 7.93. The molecule has 2 aromatic rings. The molecule has 0 aliphatic carbocycles. The van der Waals surface area contributed by atoms with Gasteiger partial charge in [-0.15, -0.1) is 0 Å². The Bertz CT molecular complexity index is 721. The maximum absolute atomic E-state index is 10.3. The summed E-state index contributed by atoms with van der Waals surface area (Å²) in [6.45, 7) is 2.69. The lowest BCUT2D eigenvalue weighted by Crippen LogP contribution is -2.42. The summed E-state index contributed by atoms with van der Waals surface area (Å²) in [6.07, 6.45) is 4.01. The van der Waals surface area contributed by atoms with Gasteiger partial charge in [-0.1, -0.05) is 42.5 Å². The molecule has 0 radical (unpaired) electrons. The van der Waals surface area contributed by atoms with Crippen molar-refractivity contribution in [3.05, 3.63) is 54.7 Å². The molecule has 2 unspecified atom stereocenters. The van der Waals surface area contributed by atoms with Crippen LogP contribution >= 0.6 is 0 Å². The highest BCUT2D eigenvalue weighted by Crippen LogP contribution is 2.25. The number of aliphatic hydroxyl groups excluding tert-OH is 1. The summed E-state index contributed by atoms with van der Waals surface area (Å²) in [5.41, 5.74) is 0.676. The van der Waals surface area contributed by atoms with Gasteiger partial charge < -0.3 is 20.2 Å². The lowest BCUT2D eigenvalue weighted by molar-refractivity contribution is 0.0787. The molecule has 0 amide bonds. The Balaban J connectivity index is 1.62. The summed E-state index contributed by atoms with van der Waals surface area (Å²) in [7, 11) is 0. The fourth-order valence-corrected chi connectivity index (χ4v) is 2.84. The first-order chi connectivity index (χ1) is 11.1. The zero-order valence-electron chi connectivity index (χ0n) is 13.3. The molecule has 0 aromatic heterocycles. The van der Waals surface area contributed by atoms with E-state index in [-0.39, 0.29) is 12.6 Å². The molecule has 1 aliphatic rings. The van der Waals surface area contributed by atoms with Crippen molar-refractivity contribution in [1.29, 1.82) is 5.41 Å². The van der Waals surface area contributed by atoms with E-state index in [4.69, 9.17) is 10.1 Å². The Morgan fingerprint density at radius 2 is 2.04 bits per heavy atom. The van der Waals surface area contributed by atoms with E-state index in [9.17, 15) is 5.11 Å². The number of ether oxygens (including phenoxy) is 1. The molecule has 2 aromatic carbocycles. The molecule has 0 saturated heterocycles. The second-order valence-corrected chi connectivity index (χ2v) is 5.93. The van der Waals surface area contributed by atoms with Gasteiger partial charge in [0.25, 0.3) is 0 Å². The summed E-state index contributed by atoms with van der Waals surface area (Å²) < 4.78 is 5.83. The third-order valence-electron chi connectivity index (χ3n) is 4.24. The van der Waals surface area contributed by atoms with Gasteiger partial charge in [-0.25, -0.2) is 0 Å². The maximum Gasteiger partial charge on any atom is 0.127 e. The normalized spacial score (nSPS) is 19.1. The Morgan fingerprint density at radius 3 is 2.91 bits per heavy atom. The van der Waals surface area contributed by atoms with Crippen LogP contribution in [0.15, 0.2) is 54.7 Å². The van der Waals surface area contributed by atoms with Gasteiger partial charge in [0.1, 0.15) is 18.5 Å². The summed E-state index contributed by atoms with van der Waals surface area (Å²) in [4.78, 5) is 1.99. The average molecular weight is 310 g/mol. The summed E-state index contributed by atoms with van der Waals surface area (Å²) in [5.74, 6) is 0.789. The number of allylic oxidation sites excluding steroid dienone is 1. The number of aliphatic hydroxyl groups is 1. The van der Waals surface area contributed by atoms with E-state index in [0.29, 0.717) is 18.7 Å². The van der Waals surface area contributed by atoms with Crippen molar-refractivity contribution in [2.24, 2.45) is 0 Å². The Hall–Kier alpha value is -2.33. The van der Waals surface area contributed by atoms with Crippen LogP contribution in [-0.2, 0) is 0 Å². The minimum atomic E-state index is -0.605. The maximum atomic E-state index is 10.3. The topological polar surface area (TPSA) is 56.6 Å². The third kappa shape index (κ3) is 3.54. The van der Waals surface area contributed by atoms with Crippen LogP contribution in [0, 0.1) is 5.41 Å². The summed E-state index contributed by atoms with van der Waals surface area (Å²) in [5, 5.41) is 20.3. The van der Waals surface area contributed by atoms with Gasteiger partial charge in [0.05, 0.1) is 6.04 Å². The molecule has 120 valence electrons. The number of benzene rings is 2. The van der Waals surface area contributed by atoms with Crippen LogP contribution in [0.4, 0.5) is 0 Å². The quantitative estimate of drug-likeness (QED) is 0.891. The predicted molar refractivity (Wildman–Crippen MR) is 93.1 cm³/mol. The van der Waals surface area contributed by atoms with Crippen LogP contribution < -0.4 is 4.74 Å². The molecule has 0 bridgehead atoms. The zero-order valence-corrected chi connectivity index (χ0v) is 13.3. The first-order valence-electron chi connectivity index (χ1n) is 7.93. The highest BCUT2D eigenvalue weighted by atomic mass is 16.5. The molecule has 0 saturated carbocycles. The molecule has 0 spiro atoms. The van der Waals surface area contributed by atoms with Crippen LogP contribution in [0.5, 0.6) is 5.75 Å². The molecule has 0 fully saturated rings. The van der Waals surface area contributed by atoms with Gasteiger partial charge in [0.15, 0.2) is 0 Å². The summed E-state index contributed by atoms with van der Waals surface area (Å²) in [6, 6.07) is 14.0. The van der Waals surface area contributed by atoms with Gasteiger partial charge >= 0.3 is 0 Å². The van der Waals surface area contributed by atoms with Crippen molar-refractivity contribution in [2.75, 3.05) is 13.2 Å². The van der Waals surface area contributed by atoms with Crippen molar-refractivity contribution >= 4 is 16.5 Å². The first kappa shape index (κ1) is 15.6. The number of nitrogens with one attached hydrogen (secondary N) is 1. The van der Waals surface area contributed by atoms with Crippen molar-refractivity contribution < 1.29 is 9.84 Å². The van der Waals surface area contributed by atoms with Gasteiger partial charge in [-0.2, -0.15) is 0 Å². The van der Waals surface area contributed by atoms with E-state index in [0.717, 1.165) is 16.5 Å². The Labute approximate surface area is 136 Å². The number of fused-ring (bicyclic) bond motifs is 1. The highest BCUT2D eigenvalue weighted by Gasteiger charge is 2.20. The standard InChI is InChI=1S/C19H22N2O2/c1-14-18(20)9-5-11-21(14)12-16(22)13-23-19-10-4-7-15-6-2-3-8-17(15)19/h2-8,10-11,14,16,20,22H,9,12-13H2,1H3. The van der Waals surface area contributed by atoms with Crippen LogP contribution in [0.3, 0.4) is 0 Å². The van der Waals surface area contributed by atoms with Crippen molar-refractivity contribution in [3.63, 3.8) is 0 Å².